The minimum atomic E-state index is 0.110. The van der Waals surface area contributed by atoms with Crippen LogP contribution in [0.15, 0.2) is 0 Å². The minimum absolute atomic E-state index is 0.110. The molecule has 0 saturated heterocycles. The predicted octanol–water partition coefficient (Wildman–Crippen LogP) is 1.11. The Labute approximate surface area is 126 Å². The Morgan fingerprint density at radius 3 is 2.29 bits per heavy atom. The molecule has 0 bridgehead atoms. The zero-order valence-corrected chi connectivity index (χ0v) is 13.2. The molecule has 1 aliphatic carbocycles. The maximum absolute atomic E-state index is 9.28. The van der Waals surface area contributed by atoms with Crippen molar-refractivity contribution in [1.29, 1.82) is 0 Å². The molecule has 21 heavy (non-hydrogen) atoms. The first-order chi connectivity index (χ1) is 10.2. The molecule has 0 spiro atoms. The Morgan fingerprint density at radius 2 is 1.76 bits per heavy atom. The molecule has 1 saturated carbocycles. The summed E-state index contributed by atoms with van der Waals surface area (Å²) in [4.78, 5) is 17.8. The van der Waals surface area contributed by atoms with Crippen molar-refractivity contribution in [3.8, 4) is 0 Å². The van der Waals surface area contributed by atoms with Crippen molar-refractivity contribution >= 4 is 17.8 Å². The van der Waals surface area contributed by atoms with Crippen LogP contribution in [0.1, 0.15) is 33.6 Å². The maximum atomic E-state index is 9.28. The summed E-state index contributed by atoms with van der Waals surface area (Å²) in [6.07, 6.45) is 2.28. The van der Waals surface area contributed by atoms with E-state index in [1.54, 1.807) is 0 Å². The molecule has 7 heteroatoms. The van der Waals surface area contributed by atoms with Gasteiger partial charge in [0.25, 0.3) is 0 Å². The Balaban J connectivity index is 2.33. The van der Waals surface area contributed by atoms with Crippen molar-refractivity contribution in [2.24, 2.45) is 0 Å². The molecule has 0 aromatic carbocycles. The molecule has 1 aliphatic rings. The molecule has 1 fully saturated rings. The van der Waals surface area contributed by atoms with Crippen LogP contribution in [0.3, 0.4) is 0 Å². The molecule has 2 N–H and O–H groups in total. The number of hydrogen-bond donors (Lipinski definition) is 2. The van der Waals surface area contributed by atoms with Crippen molar-refractivity contribution in [2.75, 3.05) is 47.9 Å². The molecule has 0 radical (unpaired) electrons. The third kappa shape index (κ3) is 3.93. The van der Waals surface area contributed by atoms with E-state index in [0.717, 1.165) is 32.5 Å². The van der Waals surface area contributed by atoms with Gasteiger partial charge in [0.2, 0.25) is 17.8 Å². The molecule has 0 aliphatic heterocycles. The second kappa shape index (κ2) is 7.40. The normalized spacial score (nSPS) is 14.1. The molecule has 7 nitrogen and oxygen atoms in total. The highest BCUT2D eigenvalue weighted by Crippen LogP contribution is 2.30. The second-order valence-corrected chi connectivity index (χ2v) is 5.11. The second-order valence-electron chi connectivity index (χ2n) is 5.11. The van der Waals surface area contributed by atoms with Crippen LogP contribution in [0, 0.1) is 0 Å². The number of anilines is 3. The van der Waals surface area contributed by atoms with Gasteiger partial charge < -0.3 is 20.2 Å². The Hall–Kier alpha value is -1.63. The number of hydrogen-bond acceptors (Lipinski definition) is 7. The van der Waals surface area contributed by atoms with Crippen LogP contribution in [-0.4, -0.2) is 58.9 Å². The molecular formula is C14H26N6O. The van der Waals surface area contributed by atoms with Crippen molar-refractivity contribution < 1.29 is 5.11 Å². The third-order valence-corrected chi connectivity index (χ3v) is 3.58. The van der Waals surface area contributed by atoms with Crippen molar-refractivity contribution in [2.45, 2.75) is 39.7 Å². The van der Waals surface area contributed by atoms with Gasteiger partial charge >= 0.3 is 0 Å². The average Bonchev–Trinajstić information content (AvgIpc) is 3.31. The summed E-state index contributed by atoms with van der Waals surface area (Å²) in [5, 5.41) is 12.4. The van der Waals surface area contributed by atoms with E-state index in [1.807, 2.05) is 6.92 Å². The highest BCUT2D eigenvalue weighted by atomic mass is 16.3. The fraction of sp³-hybridized carbons (Fsp3) is 0.786. The average molecular weight is 294 g/mol. The smallest absolute Gasteiger partial charge is 0.232 e. The largest absolute Gasteiger partial charge is 0.395 e. The number of nitrogens with zero attached hydrogens (tertiary/aromatic N) is 5. The van der Waals surface area contributed by atoms with E-state index in [0.29, 0.717) is 30.4 Å². The van der Waals surface area contributed by atoms with Gasteiger partial charge in [0.15, 0.2) is 0 Å². The van der Waals surface area contributed by atoms with Gasteiger partial charge in [0.05, 0.1) is 6.61 Å². The Kier molecular flexibility index (Phi) is 5.55. The fourth-order valence-corrected chi connectivity index (χ4v) is 2.31. The number of nitrogens with one attached hydrogen (secondary N) is 1. The Morgan fingerprint density at radius 1 is 1.10 bits per heavy atom. The predicted molar refractivity (Wildman–Crippen MR) is 85.0 cm³/mol. The molecule has 0 atom stereocenters. The number of rotatable bonds is 9. The standard InChI is InChI=1S/C14H26N6O/c1-4-15-12-16-13(19(5-2)6-3)18-14(17-12)20(9-10-21)11-7-8-11/h11,21H,4-10H2,1-3H3,(H,15,16,17,18). The molecule has 1 heterocycles. The van der Waals surface area contributed by atoms with Gasteiger partial charge in [-0.15, -0.1) is 0 Å². The van der Waals surface area contributed by atoms with Crippen LogP contribution >= 0.6 is 0 Å². The zero-order chi connectivity index (χ0) is 15.2. The fourth-order valence-electron chi connectivity index (χ4n) is 2.31. The monoisotopic (exact) mass is 294 g/mol. The summed E-state index contributed by atoms with van der Waals surface area (Å²) in [5.74, 6) is 1.97. The number of aliphatic hydroxyl groups is 1. The van der Waals surface area contributed by atoms with E-state index in [-0.39, 0.29) is 6.61 Å². The SMILES string of the molecule is CCNc1nc(N(CC)CC)nc(N(CCO)C2CC2)n1. The third-order valence-electron chi connectivity index (χ3n) is 3.58. The van der Waals surface area contributed by atoms with Gasteiger partial charge in [-0.1, -0.05) is 0 Å². The Bertz CT molecular complexity index is 447. The molecule has 118 valence electrons. The van der Waals surface area contributed by atoms with Gasteiger partial charge in [0.1, 0.15) is 0 Å². The summed E-state index contributed by atoms with van der Waals surface area (Å²) in [7, 11) is 0. The lowest BCUT2D eigenvalue weighted by molar-refractivity contribution is 0.300. The van der Waals surface area contributed by atoms with E-state index in [2.05, 4.69) is 43.9 Å². The van der Waals surface area contributed by atoms with Gasteiger partial charge in [-0.3, -0.25) is 0 Å². The summed E-state index contributed by atoms with van der Waals surface area (Å²) in [6, 6.07) is 0.457. The van der Waals surface area contributed by atoms with Crippen LogP contribution in [0.2, 0.25) is 0 Å². The van der Waals surface area contributed by atoms with Crippen molar-refractivity contribution in [1.82, 2.24) is 15.0 Å². The van der Waals surface area contributed by atoms with Crippen LogP contribution < -0.4 is 15.1 Å². The lowest BCUT2D eigenvalue weighted by atomic mass is 10.5. The lowest BCUT2D eigenvalue weighted by Gasteiger charge is -2.24. The number of aliphatic hydroxyl groups excluding tert-OH is 1. The topological polar surface area (TPSA) is 77.4 Å². The molecule has 0 amide bonds. The van der Waals surface area contributed by atoms with E-state index >= 15 is 0 Å². The molecule has 1 aromatic heterocycles. The molecule has 1 aromatic rings. The van der Waals surface area contributed by atoms with Crippen LogP contribution in [0.25, 0.3) is 0 Å². The van der Waals surface area contributed by atoms with Crippen LogP contribution in [-0.2, 0) is 0 Å². The summed E-state index contributed by atoms with van der Waals surface area (Å²) in [5.41, 5.74) is 0. The first-order valence-electron chi connectivity index (χ1n) is 7.85. The zero-order valence-electron chi connectivity index (χ0n) is 13.2. The highest BCUT2D eigenvalue weighted by Gasteiger charge is 2.31. The minimum Gasteiger partial charge on any atom is -0.395 e. The number of aromatic nitrogens is 3. The van der Waals surface area contributed by atoms with E-state index in [1.165, 1.54) is 0 Å². The maximum Gasteiger partial charge on any atom is 0.232 e. The molecule has 2 rings (SSSR count). The van der Waals surface area contributed by atoms with Gasteiger partial charge in [-0.05, 0) is 33.6 Å². The first kappa shape index (κ1) is 15.8. The summed E-state index contributed by atoms with van der Waals surface area (Å²) in [6.45, 7) is 9.36. The summed E-state index contributed by atoms with van der Waals surface area (Å²) >= 11 is 0. The van der Waals surface area contributed by atoms with Crippen molar-refractivity contribution in [3.63, 3.8) is 0 Å². The molecular weight excluding hydrogens is 268 g/mol. The van der Waals surface area contributed by atoms with Gasteiger partial charge in [0, 0.05) is 32.2 Å². The summed E-state index contributed by atoms with van der Waals surface area (Å²) < 4.78 is 0. The van der Waals surface area contributed by atoms with E-state index in [9.17, 15) is 5.11 Å². The van der Waals surface area contributed by atoms with Gasteiger partial charge in [-0.25, -0.2) is 0 Å². The highest BCUT2D eigenvalue weighted by molar-refractivity contribution is 5.46. The van der Waals surface area contributed by atoms with Crippen molar-refractivity contribution in [3.05, 3.63) is 0 Å². The van der Waals surface area contributed by atoms with Gasteiger partial charge in [-0.2, -0.15) is 15.0 Å². The lowest BCUT2D eigenvalue weighted by Crippen LogP contribution is -2.32. The van der Waals surface area contributed by atoms with E-state index < -0.39 is 0 Å². The van der Waals surface area contributed by atoms with Crippen LogP contribution in [0.4, 0.5) is 17.8 Å². The quantitative estimate of drug-likeness (QED) is 0.706. The van der Waals surface area contributed by atoms with E-state index in [4.69, 9.17) is 0 Å². The van der Waals surface area contributed by atoms with Crippen LogP contribution in [0.5, 0.6) is 0 Å². The molecule has 0 unspecified atom stereocenters. The first-order valence-corrected chi connectivity index (χ1v) is 7.85.